The van der Waals surface area contributed by atoms with Crippen molar-refractivity contribution in [3.8, 4) is 34.1 Å². The molecule has 0 atom stereocenters. The maximum Gasteiger partial charge on any atom is 0.199 e. The summed E-state index contributed by atoms with van der Waals surface area (Å²) in [4.78, 5) is 5.02. The van der Waals surface area contributed by atoms with Crippen LogP contribution in [0.5, 0.6) is 11.5 Å². The van der Waals surface area contributed by atoms with Crippen LogP contribution in [-0.2, 0) is 16.3 Å². The molecule has 3 aromatic carbocycles. The van der Waals surface area contributed by atoms with E-state index in [0.29, 0.717) is 35.3 Å². The number of ether oxygens (including phenoxy) is 2. The lowest BCUT2D eigenvalue weighted by Gasteiger charge is -2.09. The number of rotatable bonds is 7. The average Bonchev–Trinajstić information content (AvgIpc) is 3.22. The lowest BCUT2D eigenvalue weighted by molar-refractivity contribution is 0.355. The van der Waals surface area contributed by atoms with Crippen molar-refractivity contribution in [3.63, 3.8) is 0 Å². The second kappa shape index (κ2) is 8.88. The summed E-state index contributed by atoms with van der Waals surface area (Å²) in [5.74, 6) is 2.31. The number of aromatic nitrogens is 1. The number of nitrogens with zero attached hydrogens (tertiary/aromatic N) is 1. The van der Waals surface area contributed by atoms with Crippen molar-refractivity contribution in [1.29, 1.82) is 0 Å². The highest BCUT2D eigenvalue weighted by atomic mass is 32.2. The summed E-state index contributed by atoms with van der Waals surface area (Å²) in [6, 6.07) is 22.1. The lowest BCUT2D eigenvalue weighted by Crippen LogP contribution is -1.96. The van der Waals surface area contributed by atoms with Gasteiger partial charge in [0.1, 0.15) is 5.69 Å². The zero-order valence-corrected chi connectivity index (χ0v) is 18.8. The van der Waals surface area contributed by atoms with Crippen LogP contribution in [0.15, 0.2) is 82.1 Å². The Morgan fingerprint density at radius 2 is 1.50 bits per heavy atom. The maximum atomic E-state index is 11.8. The molecule has 0 N–H and O–H groups in total. The summed E-state index contributed by atoms with van der Waals surface area (Å²) in [5, 5.41) is 0. The maximum absolute atomic E-state index is 11.8. The highest BCUT2D eigenvalue weighted by molar-refractivity contribution is 7.90. The van der Waals surface area contributed by atoms with E-state index in [1.54, 1.807) is 38.5 Å². The fraction of sp³-hybridized carbons (Fsp3) is 0.160. The Labute approximate surface area is 187 Å². The quantitative estimate of drug-likeness (QED) is 0.394. The van der Waals surface area contributed by atoms with Crippen LogP contribution < -0.4 is 9.47 Å². The van der Waals surface area contributed by atoms with Gasteiger partial charge in [-0.3, -0.25) is 0 Å². The van der Waals surface area contributed by atoms with Crippen LogP contribution >= 0.6 is 0 Å². The van der Waals surface area contributed by atoms with E-state index in [2.05, 4.69) is 0 Å². The fourth-order valence-electron chi connectivity index (χ4n) is 3.44. The Morgan fingerprint density at radius 1 is 0.844 bits per heavy atom. The van der Waals surface area contributed by atoms with Crippen LogP contribution in [0.1, 0.15) is 11.5 Å². The monoisotopic (exact) mass is 449 g/mol. The van der Waals surface area contributed by atoms with E-state index in [9.17, 15) is 8.42 Å². The zero-order valence-electron chi connectivity index (χ0n) is 18.0. The third-order valence-corrected chi connectivity index (χ3v) is 6.20. The summed E-state index contributed by atoms with van der Waals surface area (Å²) in [6.07, 6.45) is 1.71. The van der Waals surface area contributed by atoms with Crippen LogP contribution in [0.2, 0.25) is 0 Å². The van der Waals surface area contributed by atoms with Crippen molar-refractivity contribution in [2.45, 2.75) is 11.3 Å². The minimum Gasteiger partial charge on any atom is -0.493 e. The van der Waals surface area contributed by atoms with Crippen molar-refractivity contribution in [2.75, 3.05) is 20.5 Å². The molecule has 0 saturated carbocycles. The highest BCUT2D eigenvalue weighted by Crippen LogP contribution is 2.38. The number of methoxy groups -OCH3 is 2. The van der Waals surface area contributed by atoms with E-state index in [1.165, 1.54) is 6.26 Å². The molecule has 1 heterocycles. The normalized spacial score (nSPS) is 11.3. The summed E-state index contributed by atoms with van der Waals surface area (Å²) in [6.45, 7) is 0. The van der Waals surface area contributed by atoms with Gasteiger partial charge in [0.15, 0.2) is 33.0 Å². The van der Waals surface area contributed by atoms with Gasteiger partial charge in [0, 0.05) is 23.8 Å². The zero-order chi connectivity index (χ0) is 22.7. The largest absolute Gasteiger partial charge is 0.493 e. The van der Waals surface area contributed by atoms with Gasteiger partial charge >= 0.3 is 0 Å². The van der Waals surface area contributed by atoms with Gasteiger partial charge in [-0.05, 0) is 48.0 Å². The third-order valence-electron chi connectivity index (χ3n) is 5.07. The molecule has 0 bridgehead atoms. The Morgan fingerprint density at radius 3 is 2.12 bits per heavy atom. The van der Waals surface area contributed by atoms with E-state index >= 15 is 0 Å². The predicted molar refractivity (Wildman–Crippen MR) is 123 cm³/mol. The van der Waals surface area contributed by atoms with Gasteiger partial charge in [-0.2, -0.15) is 0 Å². The van der Waals surface area contributed by atoms with E-state index in [1.807, 2.05) is 48.5 Å². The molecule has 0 amide bonds. The van der Waals surface area contributed by atoms with Crippen LogP contribution in [0.25, 0.3) is 22.6 Å². The first-order valence-electron chi connectivity index (χ1n) is 9.95. The molecule has 0 saturated heterocycles. The minimum atomic E-state index is -3.29. The average molecular weight is 450 g/mol. The van der Waals surface area contributed by atoms with Gasteiger partial charge in [0.05, 0.1) is 19.1 Å². The Kier molecular flexibility index (Phi) is 6.01. The number of benzene rings is 3. The smallest absolute Gasteiger partial charge is 0.199 e. The van der Waals surface area contributed by atoms with Crippen molar-refractivity contribution in [3.05, 3.63) is 84.3 Å². The van der Waals surface area contributed by atoms with Crippen LogP contribution in [0, 0.1) is 0 Å². The lowest BCUT2D eigenvalue weighted by atomic mass is 10.1. The van der Waals surface area contributed by atoms with E-state index < -0.39 is 9.84 Å². The third kappa shape index (κ3) is 4.53. The Balaban J connectivity index is 1.82. The van der Waals surface area contributed by atoms with Gasteiger partial charge in [0.2, 0.25) is 0 Å². The minimum absolute atomic E-state index is 0.248. The van der Waals surface area contributed by atoms with Crippen LogP contribution in [0.3, 0.4) is 0 Å². The van der Waals surface area contributed by atoms with Gasteiger partial charge in [-0.15, -0.1) is 0 Å². The fourth-order valence-corrected chi connectivity index (χ4v) is 4.07. The van der Waals surface area contributed by atoms with Crippen molar-refractivity contribution in [2.24, 2.45) is 0 Å². The van der Waals surface area contributed by atoms with Crippen LogP contribution in [-0.4, -0.2) is 33.9 Å². The second-order valence-electron chi connectivity index (χ2n) is 7.31. The molecule has 0 aliphatic carbocycles. The summed E-state index contributed by atoms with van der Waals surface area (Å²) >= 11 is 0. The number of sulfone groups is 1. The summed E-state index contributed by atoms with van der Waals surface area (Å²) in [7, 11) is -0.130. The first-order chi connectivity index (χ1) is 15.4. The molecule has 32 heavy (non-hydrogen) atoms. The molecule has 6 nitrogen and oxygen atoms in total. The van der Waals surface area contributed by atoms with Gasteiger partial charge in [-0.1, -0.05) is 30.3 Å². The molecule has 1 aromatic heterocycles. The molecule has 0 unspecified atom stereocenters. The molecule has 0 spiro atoms. The van der Waals surface area contributed by atoms with Gasteiger partial charge in [0.25, 0.3) is 0 Å². The summed E-state index contributed by atoms with van der Waals surface area (Å²) < 4.78 is 40.7. The molecule has 0 aliphatic heterocycles. The molecule has 164 valence electrons. The Bertz CT molecular complexity index is 1330. The topological polar surface area (TPSA) is 78.6 Å². The van der Waals surface area contributed by atoms with Crippen molar-refractivity contribution in [1.82, 2.24) is 4.98 Å². The van der Waals surface area contributed by atoms with Crippen LogP contribution in [0.4, 0.5) is 0 Å². The molecule has 4 rings (SSSR count). The number of hydrogen-bond donors (Lipinski definition) is 0. The number of hydrogen-bond acceptors (Lipinski definition) is 6. The first-order valence-corrected chi connectivity index (χ1v) is 11.8. The summed E-state index contributed by atoms with van der Waals surface area (Å²) in [5.41, 5.74) is 3.25. The highest BCUT2D eigenvalue weighted by Gasteiger charge is 2.19. The molecule has 0 fully saturated rings. The molecule has 0 aliphatic rings. The molecular weight excluding hydrogens is 426 g/mol. The molecule has 0 radical (unpaired) electrons. The van der Waals surface area contributed by atoms with E-state index in [0.717, 1.165) is 16.7 Å². The van der Waals surface area contributed by atoms with Crippen molar-refractivity contribution < 1.29 is 22.3 Å². The predicted octanol–water partition coefficient (Wildman–Crippen LogP) is 5.02. The standard InChI is InChI=1S/C25H23NO5S/c1-29-21-14-11-19(16-22(21)30-2)24-25(18-9-12-20(13-10-18)32(3,27)28)31-23(26-24)15-17-7-5-4-6-8-17/h4-14,16H,15H2,1-3H3. The second-order valence-corrected chi connectivity index (χ2v) is 9.33. The Hall–Kier alpha value is -3.58. The van der Waals surface area contributed by atoms with Crippen molar-refractivity contribution >= 4 is 9.84 Å². The molecule has 4 aromatic rings. The first kappa shape index (κ1) is 21.6. The molecule has 7 heteroatoms. The van der Waals surface area contributed by atoms with Gasteiger partial charge in [-0.25, -0.2) is 13.4 Å². The molecular formula is C25H23NO5S. The van der Waals surface area contributed by atoms with E-state index in [4.69, 9.17) is 18.9 Å². The van der Waals surface area contributed by atoms with Gasteiger partial charge < -0.3 is 13.9 Å². The van der Waals surface area contributed by atoms with E-state index in [-0.39, 0.29) is 4.90 Å². The SMILES string of the molecule is COc1ccc(-c2nc(Cc3ccccc3)oc2-c2ccc(S(C)(=O)=O)cc2)cc1OC. The number of oxazole rings is 1.